The summed E-state index contributed by atoms with van der Waals surface area (Å²) in [5.74, 6) is -0.996. The first-order valence-corrected chi connectivity index (χ1v) is 13.0. The van der Waals surface area contributed by atoms with Gasteiger partial charge in [0.25, 0.3) is 0 Å². The molecule has 0 radical (unpaired) electrons. The van der Waals surface area contributed by atoms with Gasteiger partial charge in [0.05, 0.1) is 30.1 Å². The average molecular weight is 507 g/mol. The normalized spacial score (nSPS) is 22.9. The Morgan fingerprint density at radius 1 is 1.22 bits per heavy atom. The lowest BCUT2D eigenvalue weighted by Crippen LogP contribution is -2.53. The van der Waals surface area contributed by atoms with Gasteiger partial charge >= 0.3 is 0 Å². The standard InChI is InChI=1S/C29H38N4O4/c1-28(2,30)25(34)15-23(19-37-18-21-9-5-4-6-10-21)26(35)33-14-8-12-29(20-33)24(17-32(3)27(29)36)22-11-7-13-31-16-22/h4-7,9-11,13,16,23-24H,8,12,14-15,17-20,30H2,1-3H3/t23-,24?,29?/m1/s1. The average Bonchev–Trinajstić information content (AvgIpc) is 3.13. The summed E-state index contributed by atoms with van der Waals surface area (Å²) >= 11 is 0. The zero-order valence-electron chi connectivity index (χ0n) is 22.1. The van der Waals surface area contributed by atoms with Gasteiger partial charge in [0.1, 0.15) is 0 Å². The number of carbonyl (C=O) groups is 3. The smallest absolute Gasteiger partial charge is 0.231 e. The zero-order valence-corrected chi connectivity index (χ0v) is 22.1. The predicted molar refractivity (Wildman–Crippen MR) is 140 cm³/mol. The fraction of sp³-hybridized carbons (Fsp3) is 0.517. The third kappa shape index (κ3) is 5.91. The fourth-order valence-electron chi connectivity index (χ4n) is 5.65. The van der Waals surface area contributed by atoms with E-state index in [1.165, 1.54) is 0 Å². The monoisotopic (exact) mass is 506 g/mol. The van der Waals surface area contributed by atoms with E-state index in [0.29, 0.717) is 32.7 Å². The number of amides is 2. The molecular formula is C29H38N4O4. The second-order valence-corrected chi connectivity index (χ2v) is 11.1. The summed E-state index contributed by atoms with van der Waals surface area (Å²) in [5.41, 5.74) is 6.33. The number of pyridine rings is 1. The SMILES string of the molecule is CN1CC(c2cccnc2)C2(CCCN(C(=O)[C@@H](COCc3ccccc3)CC(=O)C(C)(C)N)C2)C1=O. The number of aromatic nitrogens is 1. The van der Waals surface area contributed by atoms with Crippen LogP contribution >= 0.6 is 0 Å². The Balaban J connectivity index is 1.54. The van der Waals surface area contributed by atoms with Gasteiger partial charge in [0, 0.05) is 51.4 Å². The van der Waals surface area contributed by atoms with Crippen molar-refractivity contribution in [2.45, 2.75) is 51.2 Å². The topological polar surface area (TPSA) is 106 Å². The van der Waals surface area contributed by atoms with Crippen LogP contribution in [0.4, 0.5) is 0 Å². The maximum atomic E-state index is 13.9. The van der Waals surface area contributed by atoms with Gasteiger partial charge in [-0.25, -0.2) is 0 Å². The van der Waals surface area contributed by atoms with E-state index in [2.05, 4.69) is 4.98 Å². The molecule has 37 heavy (non-hydrogen) atoms. The van der Waals surface area contributed by atoms with Crippen LogP contribution in [-0.2, 0) is 25.7 Å². The molecule has 0 bridgehead atoms. The molecule has 2 fully saturated rings. The van der Waals surface area contributed by atoms with E-state index in [1.807, 2.05) is 55.7 Å². The van der Waals surface area contributed by atoms with Crippen molar-refractivity contribution in [3.05, 3.63) is 66.0 Å². The molecule has 198 valence electrons. The minimum Gasteiger partial charge on any atom is -0.376 e. The number of ketones is 1. The molecule has 8 nitrogen and oxygen atoms in total. The minimum atomic E-state index is -1.05. The number of piperidine rings is 1. The van der Waals surface area contributed by atoms with Crippen molar-refractivity contribution in [3.63, 3.8) is 0 Å². The molecule has 3 heterocycles. The van der Waals surface area contributed by atoms with Crippen molar-refractivity contribution in [1.82, 2.24) is 14.8 Å². The molecule has 2 saturated heterocycles. The number of ether oxygens (including phenoxy) is 1. The number of nitrogens with zero attached hydrogens (tertiary/aromatic N) is 3. The Morgan fingerprint density at radius 2 is 1.97 bits per heavy atom. The largest absolute Gasteiger partial charge is 0.376 e. The number of rotatable bonds is 9. The van der Waals surface area contributed by atoms with Gasteiger partial charge in [-0.1, -0.05) is 36.4 Å². The lowest BCUT2D eigenvalue weighted by Gasteiger charge is -2.43. The highest BCUT2D eigenvalue weighted by Crippen LogP contribution is 2.49. The van der Waals surface area contributed by atoms with Gasteiger partial charge < -0.3 is 20.3 Å². The van der Waals surface area contributed by atoms with Crippen LogP contribution in [0.15, 0.2) is 54.9 Å². The Bertz CT molecular complexity index is 1100. The lowest BCUT2D eigenvalue weighted by molar-refractivity contribution is -0.148. The summed E-state index contributed by atoms with van der Waals surface area (Å²) in [7, 11) is 1.82. The van der Waals surface area contributed by atoms with E-state index < -0.39 is 16.9 Å². The quantitative estimate of drug-likeness (QED) is 0.561. The first kappa shape index (κ1) is 26.9. The summed E-state index contributed by atoms with van der Waals surface area (Å²) in [5, 5.41) is 0. The van der Waals surface area contributed by atoms with Crippen molar-refractivity contribution in [3.8, 4) is 0 Å². The molecular weight excluding hydrogens is 468 g/mol. The number of likely N-dealkylation sites (tertiary alicyclic amines) is 2. The van der Waals surface area contributed by atoms with Crippen LogP contribution < -0.4 is 5.73 Å². The van der Waals surface area contributed by atoms with Crippen molar-refractivity contribution in [2.75, 3.05) is 33.3 Å². The summed E-state index contributed by atoms with van der Waals surface area (Å²) in [6.45, 7) is 5.24. The van der Waals surface area contributed by atoms with E-state index in [1.54, 1.807) is 29.8 Å². The Labute approximate surface area is 219 Å². The Morgan fingerprint density at radius 3 is 2.65 bits per heavy atom. The molecule has 0 aliphatic carbocycles. The maximum Gasteiger partial charge on any atom is 0.231 e. The van der Waals surface area contributed by atoms with Crippen LogP contribution in [0.25, 0.3) is 0 Å². The molecule has 2 aliphatic heterocycles. The van der Waals surface area contributed by atoms with Crippen LogP contribution in [0, 0.1) is 11.3 Å². The zero-order chi connectivity index (χ0) is 26.6. The molecule has 2 unspecified atom stereocenters. The van der Waals surface area contributed by atoms with E-state index in [0.717, 1.165) is 17.5 Å². The third-order valence-electron chi connectivity index (χ3n) is 7.75. The Hall–Kier alpha value is -3.10. The van der Waals surface area contributed by atoms with E-state index >= 15 is 0 Å². The highest BCUT2D eigenvalue weighted by atomic mass is 16.5. The van der Waals surface area contributed by atoms with Crippen molar-refractivity contribution in [2.24, 2.45) is 17.1 Å². The summed E-state index contributed by atoms with van der Waals surface area (Å²) in [4.78, 5) is 48.1. The number of hydrogen-bond acceptors (Lipinski definition) is 6. The molecule has 4 rings (SSSR count). The highest BCUT2D eigenvalue weighted by molar-refractivity contribution is 5.92. The molecule has 2 aliphatic rings. The number of benzene rings is 1. The highest BCUT2D eigenvalue weighted by Gasteiger charge is 2.56. The van der Waals surface area contributed by atoms with Gasteiger partial charge in [-0.05, 0) is 43.9 Å². The van der Waals surface area contributed by atoms with E-state index in [-0.39, 0.29) is 36.5 Å². The van der Waals surface area contributed by atoms with Gasteiger partial charge in [-0.15, -0.1) is 0 Å². The fourth-order valence-corrected chi connectivity index (χ4v) is 5.65. The van der Waals surface area contributed by atoms with Crippen LogP contribution in [0.1, 0.15) is 50.2 Å². The summed E-state index contributed by atoms with van der Waals surface area (Å²) < 4.78 is 5.93. The number of nitrogens with two attached hydrogens (primary N) is 1. The molecule has 1 aromatic carbocycles. The lowest BCUT2D eigenvalue weighted by atomic mass is 9.69. The van der Waals surface area contributed by atoms with Crippen molar-refractivity contribution < 1.29 is 19.1 Å². The first-order chi connectivity index (χ1) is 17.6. The number of carbonyl (C=O) groups excluding carboxylic acids is 3. The molecule has 2 N–H and O–H groups in total. The first-order valence-electron chi connectivity index (χ1n) is 13.0. The molecule has 0 saturated carbocycles. The summed E-state index contributed by atoms with van der Waals surface area (Å²) in [6.07, 6.45) is 4.98. The molecule has 2 amide bonds. The third-order valence-corrected chi connectivity index (χ3v) is 7.75. The van der Waals surface area contributed by atoms with E-state index in [4.69, 9.17) is 10.5 Å². The minimum absolute atomic E-state index is 0.000502. The number of likely N-dealkylation sites (N-methyl/N-ethyl adjacent to an activating group) is 1. The Kier molecular flexibility index (Phi) is 8.09. The maximum absolute atomic E-state index is 13.9. The second-order valence-electron chi connectivity index (χ2n) is 11.1. The van der Waals surface area contributed by atoms with Gasteiger partial charge in [0.2, 0.25) is 11.8 Å². The van der Waals surface area contributed by atoms with Crippen molar-refractivity contribution in [1.29, 1.82) is 0 Å². The van der Waals surface area contributed by atoms with Gasteiger partial charge in [-0.3, -0.25) is 19.4 Å². The van der Waals surface area contributed by atoms with E-state index in [9.17, 15) is 14.4 Å². The molecule has 3 atom stereocenters. The van der Waals surface area contributed by atoms with Crippen molar-refractivity contribution >= 4 is 17.6 Å². The second kappa shape index (κ2) is 11.1. The van der Waals surface area contributed by atoms with Crippen LogP contribution in [-0.4, -0.2) is 71.2 Å². The predicted octanol–water partition coefficient (Wildman–Crippen LogP) is 2.78. The van der Waals surface area contributed by atoms with Crippen LogP contribution in [0.5, 0.6) is 0 Å². The molecule has 1 aromatic heterocycles. The molecule has 8 heteroatoms. The van der Waals surface area contributed by atoms with Gasteiger partial charge in [0.15, 0.2) is 5.78 Å². The van der Waals surface area contributed by atoms with Crippen LogP contribution in [0.3, 0.4) is 0 Å². The summed E-state index contributed by atoms with van der Waals surface area (Å²) in [6, 6.07) is 13.6. The van der Waals surface area contributed by atoms with Crippen LogP contribution in [0.2, 0.25) is 0 Å². The molecule has 1 spiro atoms. The number of hydrogen-bond donors (Lipinski definition) is 1. The molecule has 2 aromatic rings. The number of Topliss-reactive ketones (excluding diaryl/α,β-unsaturated/α-hetero) is 1. The van der Waals surface area contributed by atoms with Gasteiger partial charge in [-0.2, -0.15) is 0 Å².